The molecule has 4 rings (SSSR count). The van der Waals surface area contributed by atoms with Crippen LogP contribution in [0.2, 0.25) is 0 Å². The molecular formula is C18H10N2O5. The zero-order valence-electron chi connectivity index (χ0n) is 12.6. The molecule has 4 N–H and O–H groups in total. The fourth-order valence-electron chi connectivity index (χ4n) is 2.80. The third-order valence-corrected chi connectivity index (χ3v) is 3.97. The van der Waals surface area contributed by atoms with Crippen molar-refractivity contribution in [3.63, 3.8) is 0 Å². The van der Waals surface area contributed by atoms with E-state index in [0.29, 0.717) is 22.2 Å². The van der Waals surface area contributed by atoms with Crippen molar-refractivity contribution in [2.45, 2.75) is 0 Å². The summed E-state index contributed by atoms with van der Waals surface area (Å²) in [6, 6.07) is 10.8. The minimum absolute atomic E-state index is 0.0756. The lowest BCUT2D eigenvalue weighted by Gasteiger charge is -2.24. The molecule has 3 aromatic rings. The number of phenolic OH excluding ortho intramolecular Hbond substituents is 2. The zero-order valence-corrected chi connectivity index (χ0v) is 12.6. The Balaban J connectivity index is 1.91. The second-order valence-corrected chi connectivity index (χ2v) is 5.58. The minimum Gasteiger partial charge on any atom is -0.504 e. The highest BCUT2D eigenvalue weighted by atomic mass is 16.5. The van der Waals surface area contributed by atoms with Crippen molar-refractivity contribution in [3.05, 3.63) is 47.5 Å². The fraction of sp³-hybridized carbons (Fsp3) is 0. The van der Waals surface area contributed by atoms with Gasteiger partial charge in [-0.15, -0.1) is 0 Å². The van der Waals surface area contributed by atoms with E-state index >= 15 is 0 Å². The van der Waals surface area contributed by atoms with Crippen LogP contribution in [0.1, 0.15) is 15.9 Å². The van der Waals surface area contributed by atoms with Crippen molar-refractivity contribution >= 4 is 28.1 Å². The molecule has 0 aromatic heterocycles. The Bertz CT molecular complexity index is 1110. The van der Waals surface area contributed by atoms with Gasteiger partial charge in [0.1, 0.15) is 0 Å². The molecule has 7 heteroatoms. The van der Waals surface area contributed by atoms with Gasteiger partial charge in [-0.2, -0.15) is 5.26 Å². The number of rotatable bonds is 1. The fourth-order valence-corrected chi connectivity index (χ4v) is 2.80. The van der Waals surface area contributed by atoms with Gasteiger partial charge in [-0.05, 0) is 41.1 Å². The molecule has 1 aliphatic heterocycles. The third-order valence-electron chi connectivity index (χ3n) is 3.97. The van der Waals surface area contributed by atoms with E-state index in [-0.39, 0.29) is 34.1 Å². The number of carboxylic acid groups (broad SMARTS) is 1. The molecule has 0 amide bonds. The Hall–Kier alpha value is -3.92. The van der Waals surface area contributed by atoms with Crippen LogP contribution in [0.15, 0.2) is 36.4 Å². The Labute approximate surface area is 140 Å². The first-order valence-corrected chi connectivity index (χ1v) is 7.22. The van der Waals surface area contributed by atoms with Crippen LogP contribution in [-0.2, 0) is 0 Å². The summed E-state index contributed by atoms with van der Waals surface area (Å²) < 4.78 is 5.77. The van der Waals surface area contributed by atoms with Gasteiger partial charge in [-0.1, -0.05) is 0 Å². The zero-order chi connectivity index (χ0) is 17.7. The van der Waals surface area contributed by atoms with Gasteiger partial charge in [0.2, 0.25) is 0 Å². The number of nitrogens with zero attached hydrogens (tertiary/aromatic N) is 1. The average molecular weight is 334 g/mol. The highest BCUT2D eigenvalue weighted by molar-refractivity contribution is 6.00. The van der Waals surface area contributed by atoms with Gasteiger partial charge < -0.3 is 25.4 Å². The predicted molar refractivity (Wildman–Crippen MR) is 88.8 cm³/mol. The molecule has 0 atom stereocenters. The van der Waals surface area contributed by atoms with Crippen LogP contribution in [0.5, 0.6) is 23.0 Å². The van der Waals surface area contributed by atoms with Gasteiger partial charge in [-0.3, -0.25) is 0 Å². The molecule has 0 fully saturated rings. The predicted octanol–water partition coefficient (Wildman–Crippen LogP) is 3.67. The van der Waals surface area contributed by atoms with E-state index in [2.05, 4.69) is 5.32 Å². The number of aromatic carboxylic acids is 1. The third kappa shape index (κ3) is 2.24. The first-order chi connectivity index (χ1) is 12.0. The highest BCUT2D eigenvalue weighted by Gasteiger charge is 2.24. The molecule has 0 spiro atoms. The number of fused-ring (bicyclic) bond motifs is 3. The number of anilines is 2. The van der Waals surface area contributed by atoms with Crippen LogP contribution < -0.4 is 10.1 Å². The van der Waals surface area contributed by atoms with Crippen molar-refractivity contribution in [1.82, 2.24) is 0 Å². The molecule has 3 aromatic carbocycles. The number of nitrogens with one attached hydrogen (secondary N) is 1. The van der Waals surface area contributed by atoms with E-state index in [1.807, 2.05) is 6.07 Å². The lowest BCUT2D eigenvalue weighted by molar-refractivity contribution is 0.0697. The number of carboxylic acids is 1. The molecule has 0 unspecified atom stereocenters. The number of nitriles is 1. The Morgan fingerprint density at radius 2 is 1.68 bits per heavy atom. The standard InChI is InChI=1S/C18H10N2O5/c19-7-8-1-11(18(23)24)17-16(2-8)25-15-6-10-5-14(22)13(21)4-9(10)3-12(15)20-17/h1-6,20-22H,(H,23,24). The molecule has 0 radical (unpaired) electrons. The molecular weight excluding hydrogens is 324 g/mol. The average Bonchev–Trinajstić information content (AvgIpc) is 2.58. The Morgan fingerprint density at radius 3 is 2.32 bits per heavy atom. The molecule has 0 aliphatic carbocycles. The Morgan fingerprint density at radius 1 is 1.00 bits per heavy atom. The SMILES string of the molecule is N#Cc1cc2c(c(C(=O)O)c1)Nc1cc3cc(O)c(O)cc3cc1O2. The first kappa shape index (κ1) is 14.7. The Kier molecular flexibility index (Phi) is 2.96. The normalized spacial score (nSPS) is 11.6. The summed E-state index contributed by atoms with van der Waals surface area (Å²) in [6.45, 7) is 0. The summed E-state index contributed by atoms with van der Waals surface area (Å²) in [5, 5.41) is 42.0. The van der Waals surface area contributed by atoms with Gasteiger partial charge in [0, 0.05) is 6.07 Å². The number of carbonyl (C=O) groups is 1. The van der Waals surface area contributed by atoms with E-state index in [0.717, 1.165) is 0 Å². The number of aromatic hydroxyl groups is 2. The van der Waals surface area contributed by atoms with E-state index < -0.39 is 5.97 Å². The van der Waals surface area contributed by atoms with E-state index in [1.54, 1.807) is 12.1 Å². The number of hydrogen-bond donors (Lipinski definition) is 4. The van der Waals surface area contributed by atoms with Gasteiger partial charge in [0.05, 0.1) is 28.6 Å². The second-order valence-electron chi connectivity index (χ2n) is 5.58. The maximum atomic E-state index is 11.5. The van der Waals surface area contributed by atoms with Crippen molar-refractivity contribution in [2.24, 2.45) is 0 Å². The monoisotopic (exact) mass is 334 g/mol. The smallest absolute Gasteiger partial charge is 0.338 e. The minimum atomic E-state index is -1.18. The van der Waals surface area contributed by atoms with Crippen LogP contribution in [-0.4, -0.2) is 21.3 Å². The van der Waals surface area contributed by atoms with Crippen LogP contribution in [0.3, 0.4) is 0 Å². The summed E-state index contributed by atoms with van der Waals surface area (Å²) in [5.74, 6) is -1.05. The van der Waals surface area contributed by atoms with Crippen LogP contribution in [0, 0.1) is 11.3 Å². The van der Waals surface area contributed by atoms with E-state index in [9.17, 15) is 20.1 Å². The number of phenols is 2. The molecule has 25 heavy (non-hydrogen) atoms. The molecule has 0 saturated heterocycles. The molecule has 0 bridgehead atoms. The maximum absolute atomic E-state index is 11.5. The van der Waals surface area contributed by atoms with Crippen LogP contribution >= 0.6 is 0 Å². The summed E-state index contributed by atoms with van der Waals surface area (Å²) in [7, 11) is 0. The first-order valence-electron chi connectivity index (χ1n) is 7.22. The van der Waals surface area contributed by atoms with Crippen molar-refractivity contribution in [3.8, 4) is 29.1 Å². The van der Waals surface area contributed by atoms with E-state index in [4.69, 9.17) is 10.00 Å². The largest absolute Gasteiger partial charge is 0.504 e. The lowest BCUT2D eigenvalue weighted by atomic mass is 10.0. The molecule has 1 heterocycles. The topological polar surface area (TPSA) is 123 Å². The maximum Gasteiger partial charge on any atom is 0.338 e. The van der Waals surface area contributed by atoms with Crippen LogP contribution in [0.4, 0.5) is 11.4 Å². The molecule has 1 aliphatic rings. The van der Waals surface area contributed by atoms with E-state index in [1.165, 1.54) is 24.3 Å². The van der Waals surface area contributed by atoms with Gasteiger partial charge in [-0.25, -0.2) is 4.79 Å². The van der Waals surface area contributed by atoms with Crippen molar-refractivity contribution in [2.75, 3.05) is 5.32 Å². The lowest BCUT2D eigenvalue weighted by Crippen LogP contribution is -2.09. The molecule has 0 saturated carbocycles. The quantitative estimate of drug-likeness (QED) is 0.392. The van der Waals surface area contributed by atoms with Gasteiger partial charge in [0.15, 0.2) is 23.0 Å². The van der Waals surface area contributed by atoms with Crippen molar-refractivity contribution in [1.29, 1.82) is 5.26 Å². The number of benzene rings is 3. The second kappa shape index (κ2) is 5.04. The van der Waals surface area contributed by atoms with Gasteiger partial charge in [0.25, 0.3) is 0 Å². The van der Waals surface area contributed by atoms with Crippen molar-refractivity contribution < 1.29 is 24.9 Å². The summed E-state index contributed by atoms with van der Waals surface area (Å²) in [4.78, 5) is 11.5. The molecule has 7 nitrogen and oxygen atoms in total. The van der Waals surface area contributed by atoms with Crippen LogP contribution in [0.25, 0.3) is 10.8 Å². The number of ether oxygens (including phenoxy) is 1. The highest BCUT2D eigenvalue weighted by Crippen LogP contribution is 2.46. The van der Waals surface area contributed by atoms with Gasteiger partial charge >= 0.3 is 5.97 Å². The molecule has 122 valence electrons. The summed E-state index contributed by atoms with van der Waals surface area (Å²) >= 11 is 0. The summed E-state index contributed by atoms with van der Waals surface area (Å²) in [6.07, 6.45) is 0. The number of hydrogen-bond acceptors (Lipinski definition) is 6. The summed E-state index contributed by atoms with van der Waals surface area (Å²) in [5.41, 5.74) is 0.858.